The number of carbonyl (C=O) groups excluding carboxylic acids is 3. The summed E-state index contributed by atoms with van der Waals surface area (Å²) in [5, 5.41) is 5.83. The Balaban J connectivity index is 0.00000784. The van der Waals surface area contributed by atoms with Crippen LogP contribution in [0.1, 0.15) is 72.6 Å². The van der Waals surface area contributed by atoms with E-state index in [2.05, 4.69) is 24.5 Å². The minimum Gasteiger partial charge on any atom is -0.371 e. The number of carbonyl (C=O) groups is 3. The molecule has 0 aromatic heterocycles. The van der Waals surface area contributed by atoms with Gasteiger partial charge >= 0.3 is 58.2 Å². The molecule has 29 heavy (non-hydrogen) atoms. The van der Waals surface area contributed by atoms with Gasteiger partial charge in [0.1, 0.15) is 0 Å². The molecule has 2 atom stereocenters. The smallest absolute Gasteiger partial charge is 0.371 e. The minimum absolute atomic E-state index is 0. The average molecular weight is 480 g/mol. The largest absolute Gasteiger partial charge is 1.00 e. The van der Waals surface area contributed by atoms with Crippen molar-refractivity contribution >= 4 is 17.6 Å². The summed E-state index contributed by atoms with van der Waals surface area (Å²) in [5.41, 5.74) is 0.281. The van der Waals surface area contributed by atoms with Gasteiger partial charge in [0.2, 0.25) is 5.91 Å². The first-order valence-electron chi connectivity index (χ1n) is 10.8. The fraction of sp³-hybridized carbons (Fsp3) is 0.818. The summed E-state index contributed by atoms with van der Waals surface area (Å²) in [4.78, 5) is 39.4. The summed E-state index contributed by atoms with van der Waals surface area (Å²) in [5.74, 6) is -0.479. The second-order valence-electron chi connectivity index (χ2n) is 8.80. The Morgan fingerprint density at radius 3 is 2.31 bits per heavy atom. The van der Waals surface area contributed by atoms with Gasteiger partial charge in [0.25, 0.3) is 0 Å². The molecule has 162 valence electrons. The van der Waals surface area contributed by atoms with Crippen LogP contribution in [0.2, 0.25) is 0 Å². The maximum absolute atomic E-state index is 13.1. The summed E-state index contributed by atoms with van der Waals surface area (Å²) in [7, 11) is 1.92. The van der Waals surface area contributed by atoms with Crippen LogP contribution >= 0.6 is 0 Å². The zero-order valence-electron chi connectivity index (χ0n) is 19.5. The molecule has 0 bridgehead atoms. The molecule has 0 aliphatic carbocycles. The first-order valence-corrected chi connectivity index (χ1v) is 10.8. The third kappa shape index (κ3) is 11.4. The number of hydrogen-bond acceptors (Lipinski definition) is 4. The topological polar surface area (TPSA) is 78.5 Å². The number of amides is 2. The first-order chi connectivity index (χ1) is 13.2. The molecule has 0 saturated carbocycles. The van der Waals surface area contributed by atoms with Crippen molar-refractivity contribution in [2.24, 2.45) is 11.3 Å². The number of likely N-dealkylation sites (tertiary alicyclic amines) is 1. The molecule has 2 N–H and O–H groups in total. The van der Waals surface area contributed by atoms with Crippen LogP contribution in [-0.2, 0) is 14.4 Å². The van der Waals surface area contributed by atoms with Crippen molar-refractivity contribution in [3.8, 4) is 0 Å². The van der Waals surface area contributed by atoms with Gasteiger partial charge in [-0.2, -0.15) is 6.42 Å². The molecule has 1 heterocycles. The van der Waals surface area contributed by atoms with Gasteiger partial charge in [-0.05, 0) is 51.6 Å². The Hall–Kier alpha value is 0.245. The Morgan fingerprint density at radius 2 is 1.76 bits per heavy atom. The molecule has 6 nitrogen and oxygen atoms in total. The number of hydrogen-bond donors (Lipinski definition) is 2. The van der Waals surface area contributed by atoms with Crippen molar-refractivity contribution < 1.29 is 72.6 Å². The Morgan fingerprint density at radius 1 is 1.14 bits per heavy atom. The predicted molar refractivity (Wildman–Crippen MR) is 113 cm³/mol. The van der Waals surface area contributed by atoms with Crippen molar-refractivity contribution in [3.63, 3.8) is 0 Å². The molecule has 0 aromatic rings. The number of ketones is 1. The molecule has 0 radical (unpaired) electrons. The van der Waals surface area contributed by atoms with Crippen LogP contribution in [0.4, 0.5) is 0 Å². The zero-order chi connectivity index (χ0) is 21.2. The van der Waals surface area contributed by atoms with E-state index in [1.54, 1.807) is 6.92 Å². The monoisotopic (exact) mass is 479 g/mol. The summed E-state index contributed by atoms with van der Waals surface area (Å²) in [6.45, 7) is 10.5. The number of piperidine rings is 1. The van der Waals surface area contributed by atoms with Gasteiger partial charge in [0.15, 0.2) is 5.78 Å². The summed E-state index contributed by atoms with van der Waals surface area (Å²) in [6.07, 6.45) is 6.97. The molecule has 1 fully saturated rings. The van der Waals surface area contributed by atoms with Gasteiger partial charge < -0.3 is 26.7 Å². The Labute approximate surface area is 226 Å². The SMILES string of the molecule is CC[CH-]C(=O)N[C@H](C)C(=O)C[C@H](CCCCNC)C(=O)N1CCC(C)(C)CC1.[Rb+]. The van der Waals surface area contributed by atoms with Crippen LogP contribution in [0.3, 0.4) is 0 Å². The quantitative estimate of drug-likeness (QED) is 0.298. The van der Waals surface area contributed by atoms with Gasteiger partial charge in [-0.3, -0.25) is 9.59 Å². The summed E-state index contributed by atoms with van der Waals surface area (Å²) >= 11 is 0. The van der Waals surface area contributed by atoms with Gasteiger partial charge in [-0.15, -0.1) is 0 Å². The summed E-state index contributed by atoms with van der Waals surface area (Å²) in [6, 6.07) is -0.566. The van der Waals surface area contributed by atoms with Crippen LogP contribution in [0.25, 0.3) is 0 Å². The maximum atomic E-state index is 13.1. The number of rotatable bonds is 12. The molecule has 0 spiro atoms. The van der Waals surface area contributed by atoms with Crippen molar-refractivity contribution in [2.45, 2.75) is 78.7 Å². The van der Waals surface area contributed by atoms with Crippen LogP contribution in [0, 0.1) is 17.8 Å². The van der Waals surface area contributed by atoms with Crippen molar-refractivity contribution in [3.05, 3.63) is 6.42 Å². The third-order valence-electron chi connectivity index (χ3n) is 5.69. The molecule has 1 aliphatic rings. The van der Waals surface area contributed by atoms with Gasteiger partial charge in [0, 0.05) is 25.4 Å². The van der Waals surface area contributed by atoms with E-state index in [4.69, 9.17) is 0 Å². The van der Waals surface area contributed by atoms with E-state index in [1.165, 1.54) is 6.42 Å². The van der Waals surface area contributed by atoms with E-state index in [0.29, 0.717) is 12.8 Å². The molecule has 1 rings (SSSR count). The Bertz CT molecular complexity index is 515. The van der Waals surface area contributed by atoms with E-state index in [0.717, 1.165) is 45.3 Å². The molecule has 2 amide bonds. The molecule has 0 aromatic carbocycles. The fourth-order valence-electron chi connectivity index (χ4n) is 3.55. The van der Waals surface area contributed by atoms with Crippen molar-refractivity contribution in [1.29, 1.82) is 0 Å². The van der Waals surface area contributed by atoms with E-state index in [9.17, 15) is 14.4 Å². The first kappa shape index (κ1) is 29.2. The van der Waals surface area contributed by atoms with Crippen LogP contribution in [-0.4, -0.2) is 55.2 Å². The number of nitrogens with zero attached hydrogens (tertiary/aromatic N) is 1. The second-order valence-corrected chi connectivity index (χ2v) is 8.80. The number of unbranched alkanes of at least 4 members (excludes halogenated alkanes) is 1. The number of nitrogens with one attached hydrogen (secondary N) is 2. The van der Waals surface area contributed by atoms with Gasteiger partial charge in [0.05, 0.1) is 11.9 Å². The average Bonchev–Trinajstić information content (AvgIpc) is 2.63. The van der Waals surface area contributed by atoms with E-state index in [-0.39, 0.29) is 93.5 Å². The molecule has 0 unspecified atom stereocenters. The molecule has 1 saturated heterocycles. The van der Waals surface area contributed by atoms with Crippen LogP contribution in [0.5, 0.6) is 0 Å². The fourth-order valence-corrected chi connectivity index (χ4v) is 3.55. The Kier molecular flexibility index (Phi) is 15.2. The molecular formula is C22H40N3O3Rb. The molecular weight excluding hydrogens is 440 g/mol. The molecule has 1 aliphatic heterocycles. The van der Waals surface area contributed by atoms with Crippen molar-refractivity contribution in [2.75, 3.05) is 26.7 Å². The van der Waals surface area contributed by atoms with Gasteiger partial charge in [-0.1, -0.05) is 27.2 Å². The van der Waals surface area contributed by atoms with E-state index >= 15 is 0 Å². The molecule has 7 heteroatoms. The van der Waals surface area contributed by atoms with E-state index in [1.807, 2.05) is 18.9 Å². The summed E-state index contributed by atoms with van der Waals surface area (Å²) < 4.78 is 0. The van der Waals surface area contributed by atoms with E-state index < -0.39 is 6.04 Å². The normalized spacial score (nSPS) is 17.6. The third-order valence-corrected chi connectivity index (χ3v) is 5.69. The second kappa shape index (κ2) is 15.1. The van der Waals surface area contributed by atoms with Gasteiger partial charge in [-0.25, -0.2) is 0 Å². The number of Topliss-reactive ketones (excluding diaryl/α,β-unsaturated/α-hetero) is 1. The minimum atomic E-state index is -0.566. The predicted octanol–water partition coefficient (Wildman–Crippen LogP) is -0.277. The van der Waals surface area contributed by atoms with Crippen molar-refractivity contribution in [1.82, 2.24) is 15.5 Å². The van der Waals surface area contributed by atoms with Crippen LogP contribution < -0.4 is 68.8 Å². The zero-order valence-corrected chi connectivity index (χ0v) is 24.4. The maximum Gasteiger partial charge on any atom is 1.00 e. The van der Waals surface area contributed by atoms with Crippen LogP contribution in [0.15, 0.2) is 0 Å². The standard InChI is InChI=1S/C22H40N3O3.Rb/c1-6-9-20(27)24-17(2)19(26)16-18(10-7-8-13-23-5)21(28)25-14-11-22(3,4)12-15-25;/h9,17-18,23H,6-8,10-16H2,1-5H3,(H,24,27);/q-1;+1/t17-,18+;/m1./s1.